The Morgan fingerprint density at radius 1 is 1.14 bits per heavy atom. The molecule has 6 nitrogen and oxygen atoms in total. The third-order valence-corrected chi connectivity index (χ3v) is 5.37. The van der Waals surface area contributed by atoms with E-state index in [9.17, 15) is 18.0 Å². The Kier molecular flexibility index (Phi) is 4.75. The molecule has 1 unspecified atom stereocenters. The highest BCUT2D eigenvalue weighted by Gasteiger charge is 2.30. The fourth-order valence-electron chi connectivity index (χ4n) is 1.95. The lowest BCUT2D eigenvalue weighted by atomic mass is 10.2. The van der Waals surface area contributed by atoms with Crippen LogP contribution in [0.25, 0.3) is 0 Å². The van der Waals surface area contributed by atoms with Gasteiger partial charge in [0, 0.05) is 6.04 Å². The molecule has 1 aliphatic heterocycles. The van der Waals surface area contributed by atoms with Gasteiger partial charge < -0.3 is 10.6 Å². The second kappa shape index (κ2) is 6.21. The first-order valence-corrected chi connectivity index (χ1v) is 8.62. The second-order valence-electron chi connectivity index (χ2n) is 4.62. The molecular weight excluding hydrogens is 339 g/mol. The van der Waals surface area contributed by atoms with Crippen LogP contribution in [0.3, 0.4) is 0 Å². The van der Waals surface area contributed by atoms with Gasteiger partial charge in [-0.2, -0.15) is 0 Å². The number of rotatable bonds is 2. The monoisotopic (exact) mass is 350 g/mol. The number of carbonyl (C=O) groups excluding carboxylic acids is 2. The van der Waals surface area contributed by atoms with Gasteiger partial charge >= 0.3 is 11.8 Å². The summed E-state index contributed by atoms with van der Waals surface area (Å²) < 4.78 is 22.6. The fraction of sp³-hybridized carbons (Fsp3) is 0.333. The Labute approximate surface area is 131 Å². The Morgan fingerprint density at radius 3 is 2.29 bits per heavy atom. The summed E-state index contributed by atoms with van der Waals surface area (Å²) in [4.78, 5) is 23.5. The number of carbonyl (C=O) groups is 2. The number of hydrogen-bond acceptors (Lipinski definition) is 4. The molecule has 1 atom stereocenters. The number of amides is 2. The fourth-order valence-corrected chi connectivity index (χ4v) is 4.11. The van der Waals surface area contributed by atoms with Crippen LogP contribution < -0.4 is 10.6 Å². The summed E-state index contributed by atoms with van der Waals surface area (Å²) in [7, 11) is -3.13. The van der Waals surface area contributed by atoms with Crippen LogP contribution in [0.1, 0.15) is 6.42 Å². The highest BCUT2D eigenvalue weighted by Crippen LogP contribution is 2.29. The lowest BCUT2D eigenvalue weighted by molar-refractivity contribution is -0.136. The molecule has 2 N–H and O–H groups in total. The summed E-state index contributed by atoms with van der Waals surface area (Å²) in [6, 6.07) is 4.09. The van der Waals surface area contributed by atoms with Gasteiger partial charge in [0.15, 0.2) is 9.84 Å². The summed E-state index contributed by atoms with van der Waals surface area (Å²) in [6.45, 7) is 0. The quantitative estimate of drug-likeness (QED) is 0.784. The van der Waals surface area contributed by atoms with Gasteiger partial charge in [0.25, 0.3) is 0 Å². The molecule has 21 heavy (non-hydrogen) atoms. The first-order valence-electron chi connectivity index (χ1n) is 6.05. The normalized spacial score (nSPS) is 20.0. The van der Waals surface area contributed by atoms with Gasteiger partial charge in [0.1, 0.15) is 0 Å². The summed E-state index contributed by atoms with van der Waals surface area (Å²) >= 11 is 11.8. The molecule has 0 saturated carbocycles. The van der Waals surface area contributed by atoms with Crippen molar-refractivity contribution in [2.45, 2.75) is 12.5 Å². The molecule has 2 amide bonds. The number of anilines is 1. The topological polar surface area (TPSA) is 92.3 Å². The first-order chi connectivity index (χ1) is 9.78. The number of benzene rings is 1. The van der Waals surface area contributed by atoms with Crippen LogP contribution in [0.5, 0.6) is 0 Å². The SMILES string of the molecule is O=C(Nc1c(Cl)cccc1Cl)C(=O)NC1CCS(=O)(=O)C1. The van der Waals surface area contributed by atoms with Gasteiger partial charge in [-0.1, -0.05) is 29.3 Å². The van der Waals surface area contributed by atoms with E-state index in [1.807, 2.05) is 0 Å². The van der Waals surface area contributed by atoms with Crippen molar-refractivity contribution in [3.63, 3.8) is 0 Å². The molecule has 1 aromatic carbocycles. The van der Waals surface area contributed by atoms with Crippen molar-refractivity contribution < 1.29 is 18.0 Å². The van der Waals surface area contributed by atoms with Crippen molar-refractivity contribution in [1.82, 2.24) is 5.32 Å². The van der Waals surface area contributed by atoms with E-state index in [1.165, 1.54) is 12.1 Å². The molecule has 0 aromatic heterocycles. The van der Waals surface area contributed by atoms with Gasteiger partial charge in [-0.15, -0.1) is 0 Å². The van der Waals surface area contributed by atoms with E-state index in [2.05, 4.69) is 10.6 Å². The minimum absolute atomic E-state index is 0.00983. The molecule has 1 fully saturated rings. The van der Waals surface area contributed by atoms with E-state index in [-0.39, 0.29) is 27.2 Å². The van der Waals surface area contributed by atoms with Crippen LogP contribution in [0.2, 0.25) is 10.0 Å². The molecule has 1 aliphatic rings. The van der Waals surface area contributed by atoms with Crippen LogP contribution >= 0.6 is 23.2 Å². The number of halogens is 2. The zero-order valence-electron chi connectivity index (χ0n) is 10.7. The highest BCUT2D eigenvalue weighted by molar-refractivity contribution is 7.91. The van der Waals surface area contributed by atoms with Crippen molar-refractivity contribution in [2.24, 2.45) is 0 Å². The molecule has 1 saturated heterocycles. The van der Waals surface area contributed by atoms with Gasteiger partial charge in [-0.3, -0.25) is 9.59 Å². The third kappa shape index (κ3) is 4.09. The first kappa shape index (κ1) is 16.1. The van der Waals surface area contributed by atoms with E-state index in [0.29, 0.717) is 6.42 Å². The van der Waals surface area contributed by atoms with E-state index in [0.717, 1.165) is 0 Å². The van der Waals surface area contributed by atoms with Gasteiger partial charge in [0.05, 0.1) is 27.2 Å². The van der Waals surface area contributed by atoms with Gasteiger partial charge in [0.2, 0.25) is 0 Å². The van der Waals surface area contributed by atoms with Crippen LogP contribution in [0.4, 0.5) is 5.69 Å². The van der Waals surface area contributed by atoms with Crippen LogP contribution in [-0.2, 0) is 19.4 Å². The lowest BCUT2D eigenvalue weighted by Gasteiger charge is -2.12. The molecule has 114 valence electrons. The summed E-state index contributed by atoms with van der Waals surface area (Å²) in [6.07, 6.45) is 0.300. The second-order valence-corrected chi connectivity index (χ2v) is 7.67. The molecule has 0 aliphatic carbocycles. The predicted octanol–water partition coefficient (Wildman–Crippen LogP) is 1.24. The van der Waals surface area contributed by atoms with E-state index < -0.39 is 27.7 Å². The molecule has 2 rings (SSSR count). The predicted molar refractivity (Wildman–Crippen MR) is 80.3 cm³/mol. The summed E-state index contributed by atoms with van der Waals surface area (Å²) in [5.41, 5.74) is 0.139. The number of sulfone groups is 1. The molecular formula is C12H12Cl2N2O4S. The number of hydrogen-bond donors (Lipinski definition) is 2. The van der Waals surface area contributed by atoms with Gasteiger partial charge in [-0.05, 0) is 18.6 Å². The van der Waals surface area contributed by atoms with Gasteiger partial charge in [-0.25, -0.2) is 8.42 Å². The number of para-hydroxylation sites is 1. The van der Waals surface area contributed by atoms with Crippen molar-refractivity contribution in [3.8, 4) is 0 Å². The number of nitrogens with one attached hydrogen (secondary N) is 2. The molecule has 9 heteroatoms. The molecule has 0 bridgehead atoms. The Morgan fingerprint density at radius 2 is 1.76 bits per heavy atom. The lowest BCUT2D eigenvalue weighted by Crippen LogP contribution is -2.42. The molecule has 1 heterocycles. The highest BCUT2D eigenvalue weighted by atomic mass is 35.5. The zero-order valence-corrected chi connectivity index (χ0v) is 13.1. The summed E-state index contributed by atoms with van der Waals surface area (Å²) in [5, 5.41) is 5.09. The Balaban J connectivity index is 1.99. The van der Waals surface area contributed by atoms with E-state index >= 15 is 0 Å². The maximum Gasteiger partial charge on any atom is 0.313 e. The Bertz CT molecular complexity index is 670. The average Bonchev–Trinajstić information content (AvgIpc) is 2.73. The van der Waals surface area contributed by atoms with Crippen LogP contribution in [0, 0.1) is 0 Å². The van der Waals surface area contributed by atoms with Crippen molar-refractivity contribution in [3.05, 3.63) is 28.2 Å². The molecule has 1 aromatic rings. The largest absolute Gasteiger partial charge is 0.344 e. The van der Waals surface area contributed by atoms with Crippen LogP contribution in [0.15, 0.2) is 18.2 Å². The van der Waals surface area contributed by atoms with Crippen molar-refractivity contribution >= 4 is 50.5 Å². The maximum atomic E-state index is 11.8. The standard InChI is InChI=1S/C12H12Cl2N2O4S/c13-8-2-1-3-9(14)10(8)16-12(18)11(17)15-7-4-5-21(19,20)6-7/h1-3,7H,4-6H2,(H,15,17)(H,16,18). The smallest absolute Gasteiger partial charge is 0.313 e. The maximum absolute atomic E-state index is 11.8. The molecule has 0 spiro atoms. The minimum atomic E-state index is -3.13. The summed E-state index contributed by atoms with van der Waals surface area (Å²) in [5.74, 6) is -2.02. The zero-order chi connectivity index (χ0) is 15.6. The van der Waals surface area contributed by atoms with Crippen molar-refractivity contribution in [1.29, 1.82) is 0 Å². The van der Waals surface area contributed by atoms with Crippen LogP contribution in [-0.4, -0.2) is 37.8 Å². The Hall–Kier alpha value is -1.31. The minimum Gasteiger partial charge on any atom is -0.344 e. The molecule has 0 radical (unpaired) electrons. The average molecular weight is 351 g/mol. The van der Waals surface area contributed by atoms with Crippen molar-refractivity contribution in [2.75, 3.05) is 16.8 Å². The third-order valence-electron chi connectivity index (χ3n) is 2.98. The van der Waals surface area contributed by atoms with E-state index in [1.54, 1.807) is 6.07 Å². The van der Waals surface area contributed by atoms with E-state index in [4.69, 9.17) is 23.2 Å².